The summed E-state index contributed by atoms with van der Waals surface area (Å²) in [5, 5.41) is 7.50. The van der Waals surface area contributed by atoms with Crippen LogP contribution in [0.5, 0.6) is 0 Å². The molecule has 2 fully saturated rings. The van der Waals surface area contributed by atoms with Crippen molar-refractivity contribution in [3.05, 3.63) is 0 Å². The van der Waals surface area contributed by atoms with Crippen molar-refractivity contribution in [3.8, 4) is 0 Å². The van der Waals surface area contributed by atoms with Gasteiger partial charge in [-0.2, -0.15) is 0 Å². The van der Waals surface area contributed by atoms with Crippen molar-refractivity contribution >= 4 is 0 Å². The Labute approximate surface area is 157 Å². The average Bonchev–Trinajstić information content (AvgIpc) is 2.65. The van der Waals surface area contributed by atoms with Crippen molar-refractivity contribution < 1.29 is 4.74 Å². The van der Waals surface area contributed by atoms with Gasteiger partial charge in [-0.25, -0.2) is 0 Å². The van der Waals surface area contributed by atoms with Crippen LogP contribution in [0.25, 0.3) is 0 Å². The molecule has 0 unspecified atom stereocenters. The predicted molar refractivity (Wildman–Crippen MR) is 108 cm³/mol. The minimum atomic E-state index is 0.535. The third kappa shape index (κ3) is 8.88. The Kier molecular flexibility index (Phi) is 11.1. The molecule has 0 spiro atoms. The lowest BCUT2D eigenvalue weighted by molar-refractivity contribution is -0.0512. The van der Waals surface area contributed by atoms with Gasteiger partial charge in [0.2, 0.25) is 0 Å². The molecule has 2 rings (SSSR count). The van der Waals surface area contributed by atoms with E-state index in [2.05, 4.69) is 24.5 Å². The van der Waals surface area contributed by atoms with Gasteiger partial charge in [0.25, 0.3) is 0 Å². The first-order valence-electron chi connectivity index (χ1n) is 11.4. The molecule has 148 valence electrons. The first-order chi connectivity index (χ1) is 12.3. The van der Waals surface area contributed by atoms with Crippen molar-refractivity contribution in [2.24, 2.45) is 0 Å². The van der Waals surface area contributed by atoms with Gasteiger partial charge >= 0.3 is 0 Å². The summed E-state index contributed by atoms with van der Waals surface area (Å²) in [6.07, 6.45) is 19.4. The van der Waals surface area contributed by atoms with Crippen molar-refractivity contribution in [1.29, 1.82) is 0 Å². The molecule has 0 atom stereocenters. The molecule has 0 radical (unpaired) electrons. The second kappa shape index (κ2) is 13.1. The summed E-state index contributed by atoms with van der Waals surface area (Å²) in [6, 6.07) is 1.50. The molecule has 2 saturated carbocycles. The van der Waals surface area contributed by atoms with Gasteiger partial charge in [0.05, 0.1) is 12.2 Å². The number of hydrogen-bond acceptors (Lipinski definition) is 3. The Balaban J connectivity index is 1.50. The lowest BCUT2D eigenvalue weighted by Crippen LogP contribution is -2.39. The Hall–Kier alpha value is -0.120. The van der Waals surface area contributed by atoms with E-state index in [-0.39, 0.29) is 0 Å². The number of nitrogens with one attached hydrogen (secondary N) is 2. The van der Waals surface area contributed by atoms with E-state index in [0.717, 1.165) is 12.1 Å². The fourth-order valence-corrected chi connectivity index (χ4v) is 4.44. The van der Waals surface area contributed by atoms with Gasteiger partial charge < -0.3 is 15.4 Å². The molecule has 2 N–H and O–H groups in total. The van der Waals surface area contributed by atoms with Crippen LogP contribution in [-0.4, -0.2) is 37.4 Å². The molecule has 0 saturated heterocycles. The van der Waals surface area contributed by atoms with E-state index in [4.69, 9.17) is 4.74 Å². The zero-order valence-electron chi connectivity index (χ0n) is 17.0. The third-order valence-electron chi connectivity index (χ3n) is 6.16. The third-order valence-corrected chi connectivity index (χ3v) is 6.16. The van der Waals surface area contributed by atoms with E-state index >= 15 is 0 Å². The van der Waals surface area contributed by atoms with Crippen LogP contribution in [0.2, 0.25) is 0 Å². The quantitative estimate of drug-likeness (QED) is 0.475. The maximum Gasteiger partial charge on any atom is 0.0580 e. The van der Waals surface area contributed by atoms with Crippen LogP contribution in [0.4, 0.5) is 0 Å². The molecule has 2 aliphatic rings. The first-order valence-corrected chi connectivity index (χ1v) is 11.4. The van der Waals surface area contributed by atoms with E-state index in [1.54, 1.807) is 0 Å². The second-order valence-electron chi connectivity index (χ2n) is 8.41. The van der Waals surface area contributed by atoms with Crippen LogP contribution in [0.15, 0.2) is 0 Å². The molecule has 3 nitrogen and oxygen atoms in total. The summed E-state index contributed by atoms with van der Waals surface area (Å²) in [7, 11) is 0. The molecule has 0 heterocycles. The van der Waals surface area contributed by atoms with Gasteiger partial charge in [0.1, 0.15) is 0 Å². The lowest BCUT2D eigenvalue weighted by atomic mass is 9.90. The predicted octanol–water partition coefficient (Wildman–Crippen LogP) is 5.19. The van der Waals surface area contributed by atoms with E-state index < -0.39 is 0 Å². The summed E-state index contributed by atoms with van der Waals surface area (Å²) in [4.78, 5) is 0. The molecular formula is C22H44N2O. The molecular weight excluding hydrogens is 308 g/mol. The highest BCUT2D eigenvalue weighted by Crippen LogP contribution is 2.28. The van der Waals surface area contributed by atoms with Gasteiger partial charge in [-0.3, -0.25) is 0 Å². The van der Waals surface area contributed by atoms with E-state index in [0.29, 0.717) is 12.2 Å². The van der Waals surface area contributed by atoms with Crippen LogP contribution in [0.1, 0.15) is 104 Å². The topological polar surface area (TPSA) is 33.3 Å². The van der Waals surface area contributed by atoms with Crippen LogP contribution in [-0.2, 0) is 4.74 Å². The van der Waals surface area contributed by atoms with Crippen LogP contribution >= 0.6 is 0 Å². The zero-order valence-corrected chi connectivity index (χ0v) is 17.0. The average molecular weight is 353 g/mol. The Morgan fingerprint density at radius 1 is 0.600 bits per heavy atom. The highest BCUT2D eigenvalue weighted by Gasteiger charge is 2.27. The minimum Gasteiger partial charge on any atom is -0.375 e. The molecule has 2 aliphatic carbocycles. The van der Waals surface area contributed by atoms with Crippen molar-refractivity contribution in [2.45, 2.75) is 128 Å². The highest BCUT2D eigenvalue weighted by atomic mass is 16.5. The van der Waals surface area contributed by atoms with E-state index in [1.165, 1.54) is 103 Å². The maximum absolute atomic E-state index is 6.46. The summed E-state index contributed by atoms with van der Waals surface area (Å²) < 4.78 is 6.46. The monoisotopic (exact) mass is 352 g/mol. The fraction of sp³-hybridized carbons (Fsp3) is 1.00. The Morgan fingerprint density at radius 3 is 1.36 bits per heavy atom. The molecule has 0 aromatic carbocycles. The van der Waals surface area contributed by atoms with Crippen LogP contribution < -0.4 is 10.6 Å². The summed E-state index contributed by atoms with van der Waals surface area (Å²) in [5.41, 5.74) is 0. The number of ether oxygens (including phenoxy) is 1. The smallest absolute Gasteiger partial charge is 0.0580 e. The molecule has 3 heteroatoms. The fourth-order valence-electron chi connectivity index (χ4n) is 4.44. The molecule has 0 amide bonds. The molecule has 0 aromatic heterocycles. The Bertz CT molecular complexity index is 277. The van der Waals surface area contributed by atoms with Gasteiger partial charge in [0, 0.05) is 12.1 Å². The van der Waals surface area contributed by atoms with E-state index in [1.807, 2.05) is 0 Å². The first kappa shape index (κ1) is 21.2. The molecule has 0 aromatic rings. The molecule has 0 aliphatic heterocycles. The summed E-state index contributed by atoms with van der Waals surface area (Å²) in [6.45, 7) is 6.97. The normalized spacial score (nSPS) is 30.5. The summed E-state index contributed by atoms with van der Waals surface area (Å²) >= 11 is 0. The standard InChI is InChI=1S/C22H44N2O/c1-3-5-7-17-23-19-9-13-21(14-10-19)25-22-15-11-20(12-16-22)24-18-8-6-4-2/h19-24H,3-18H2,1-2H3. The van der Waals surface area contributed by atoms with Gasteiger partial charge in [-0.05, 0) is 77.3 Å². The lowest BCUT2D eigenvalue weighted by Gasteiger charge is -2.35. The molecule has 0 bridgehead atoms. The van der Waals surface area contributed by atoms with Gasteiger partial charge in [0.15, 0.2) is 0 Å². The van der Waals surface area contributed by atoms with Crippen molar-refractivity contribution in [3.63, 3.8) is 0 Å². The molecule has 25 heavy (non-hydrogen) atoms. The maximum atomic E-state index is 6.46. The number of unbranched alkanes of at least 4 members (excludes halogenated alkanes) is 4. The van der Waals surface area contributed by atoms with E-state index in [9.17, 15) is 0 Å². The summed E-state index contributed by atoms with van der Waals surface area (Å²) in [5.74, 6) is 0. The zero-order chi connectivity index (χ0) is 17.7. The minimum absolute atomic E-state index is 0.535. The van der Waals surface area contributed by atoms with Gasteiger partial charge in [-0.1, -0.05) is 39.5 Å². The van der Waals surface area contributed by atoms with Crippen molar-refractivity contribution in [1.82, 2.24) is 10.6 Å². The SMILES string of the molecule is CCCCCNC1CCC(OC2CCC(NCCCCC)CC2)CC1. The van der Waals surface area contributed by atoms with Crippen LogP contribution in [0.3, 0.4) is 0 Å². The largest absolute Gasteiger partial charge is 0.375 e. The second-order valence-corrected chi connectivity index (χ2v) is 8.41. The van der Waals surface area contributed by atoms with Crippen LogP contribution in [0, 0.1) is 0 Å². The Morgan fingerprint density at radius 2 is 1.00 bits per heavy atom. The number of rotatable bonds is 12. The number of hydrogen-bond donors (Lipinski definition) is 2. The highest BCUT2D eigenvalue weighted by molar-refractivity contribution is 4.81. The van der Waals surface area contributed by atoms with Gasteiger partial charge in [-0.15, -0.1) is 0 Å². The van der Waals surface area contributed by atoms with Crippen molar-refractivity contribution in [2.75, 3.05) is 13.1 Å².